The third-order valence-electron chi connectivity index (χ3n) is 2.79. The minimum atomic E-state index is -0.561. The van der Waals surface area contributed by atoms with Crippen LogP contribution in [0.1, 0.15) is 21.5 Å². The first kappa shape index (κ1) is 12.5. The topological polar surface area (TPSA) is 61.1 Å². The Balaban J connectivity index is 2.67. The lowest BCUT2D eigenvalue weighted by Crippen LogP contribution is -2.39. The highest BCUT2D eigenvalue weighted by Crippen LogP contribution is 2.16. The molecule has 18 heavy (non-hydrogen) atoms. The van der Waals surface area contributed by atoms with Gasteiger partial charge in [0.1, 0.15) is 5.56 Å². The summed E-state index contributed by atoms with van der Waals surface area (Å²) in [4.78, 5) is 35.7. The van der Waals surface area contributed by atoms with Crippen LogP contribution in [0.25, 0.3) is 0 Å². The number of hydrogen-bond acceptors (Lipinski definition) is 4. The summed E-state index contributed by atoms with van der Waals surface area (Å²) in [7, 11) is 2.88. The van der Waals surface area contributed by atoms with Crippen molar-refractivity contribution >= 4 is 17.1 Å². The predicted octanol–water partition coefficient (Wildman–Crippen LogP) is 0.685. The number of thiophene rings is 1. The second-order valence-corrected chi connectivity index (χ2v) is 4.84. The van der Waals surface area contributed by atoms with E-state index in [9.17, 15) is 14.4 Å². The molecule has 0 unspecified atom stereocenters. The third-order valence-corrected chi connectivity index (χ3v) is 3.65. The molecule has 6 heteroatoms. The Hall–Kier alpha value is -1.95. The van der Waals surface area contributed by atoms with Gasteiger partial charge < -0.3 is 4.57 Å². The lowest BCUT2D eigenvalue weighted by molar-refractivity contribution is 0.103. The lowest BCUT2D eigenvalue weighted by Gasteiger charge is -2.05. The van der Waals surface area contributed by atoms with E-state index in [-0.39, 0.29) is 11.3 Å². The molecule has 2 aromatic rings. The predicted molar refractivity (Wildman–Crippen MR) is 69.4 cm³/mol. The molecule has 2 rings (SSSR count). The van der Waals surface area contributed by atoms with Crippen molar-refractivity contribution in [1.82, 2.24) is 9.13 Å². The molecule has 0 aliphatic heterocycles. The second-order valence-electron chi connectivity index (χ2n) is 4.10. The smallest absolute Gasteiger partial charge is 0.303 e. The highest BCUT2D eigenvalue weighted by atomic mass is 32.1. The number of hydrogen-bond donors (Lipinski definition) is 0. The Labute approximate surface area is 107 Å². The van der Waals surface area contributed by atoms with Crippen molar-refractivity contribution in [3.8, 4) is 0 Å². The van der Waals surface area contributed by atoms with Crippen molar-refractivity contribution < 1.29 is 4.79 Å². The molecule has 2 heterocycles. The maximum absolute atomic E-state index is 12.2. The average molecular weight is 264 g/mol. The van der Waals surface area contributed by atoms with Crippen LogP contribution in [-0.4, -0.2) is 14.9 Å². The number of aromatic nitrogens is 2. The SMILES string of the molecule is Cc1cscc1C(=O)c1cn(C)c(=O)n(C)c1=O. The van der Waals surface area contributed by atoms with Crippen LogP contribution in [-0.2, 0) is 14.1 Å². The molecule has 0 atom stereocenters. The summed E-state index contributed by atoms with van der Waals surface area (Å²) in [5.41, 5.74) is 0.352. The normalized spacial score (nSPS) is 10.6. The fourth-order valence-electron chi connectivity index (χ4n) is 1.70. The fourth-order valence-corrected chi connectivity index (χ4v) is 2.53. The molecule has 0 saturated carbocycles. The number of carbonyl (C=O) groups is 1. The summed E-state index contributed by atoms with van der Waals surface area (Å²) in [5, 5.41) is 3.56. The molecule has 5 nitrogen and oxygen atoms in total. The van der Waals surface area contributed by atoms with Crippen molar-refractivity contribution in [2.45, 2.75) is 6.92 Å². The van der Waals surface area contributed by atoms with Gasteiger partial charge in [-0.3, -0.25) is 14.2 Å². The Kier molecular flexibility index (Phi) is 3.04. The molecule has 0 bridgehead atoms. The lowest BCUT2D eigenvalue weighted by atomic mass is 10.1. The maximum Gasteiger partial charge on any atom is 0.330 e. The van der Waals surface area contributed by atoms with Crippen molar-refractivity contribution in [3.63, 3.8) is 0 Å². The van der Waals surface area contributed by atoms with Crippen LogP contribution < -0.4 is 11.2 Å². The van der Waals surface area contributed by atoms with Crippen LogP contribution in [0.5, 0.6) is 0 Å². The van der Waals surface area contributed by atoms with Gasteiger partial charge in [0.2, 0.25) is 5.78 Å². The van der Waals surface area contributed by atoms with Gasteiger partial charge in [-0.25, -0.2) is 4.79 Å². The maximum atomic E-state index is 12.2. The van der Waals surface area contributed by atoms with E-state index in [0.29, 0.717) is 5.56 Å². The molecule has 0 aromatic carbocycles. The molecule has 0 saturated heterocycles. The van der Waals surface area contributed by atoms with E-state index >= 15 is 0 Å². The van der Waals surface area contributed by atoms with Gasteiger partial charge in [-0.1, -0.05) is 0 Å². The van der Waals surface area contributed by atoms with Gasteiger partial charge in [0.05, 0.1) is 0 Å². The number of aryl methyl sites for hydroxylation is 2. The Bertz CT molecular complexity index is 737. The van der Waals surface area contributed by atoms with E-state index in [1.54, 1.807) is 5.38 Å². The summed E-state index contributed by atoms with van der Waals surface area (Å²) >= 11 is 1.41. The van der Waals surface area contributed by atoms with Gasteiger partial charge in [-0.15, -0.1) is 0 Å². The van der Waals surface area contributed by atoms with Crippen LogP contribution >= 0.6 is 11.3 Å². The zero-order valence-corrected chi connectivity index (χ0v) is 11.1. The van der Waals surface area contributed by atoms with E-state index in [4.69, 9.17) is 0 Å². The molecule has 0 radical (unpaired) electrons. The van der Waals surface area contributed by atoms with E-state index < -0.39 is 11.2 Å². The molecule has 2 aromatic heterocycles. The zero-order chi connectivity index (χ0) is 13.4. The van der Waals surface area contributed by atoms with Crippen LogP contribution in [0.15, 0.2) is 26.5 Å². The number of rotatable bonds is 2. The van der Waals surface area contributed by atoms with Gasteiger partial charge in [0, 0.05) is 31.2 Å². The van der Waals surface area contributed by atoms with Crippen molar-refractivity contribution in [3.05, 3.63) is 54.5 Å². The Morgan fingerprint density at radius 3 is 2.39 bits per heavy atom. The van der Waals surface area contributed by atoms with E-state index in [1.807, 2.05) is 12.3 Å². The Morgan fingerprint density at radius 2 is 1.83 bits per heavy atom. The molecule has 0 aliphatic carbocycles. The molecule has 0 fully saturated rings. The van der Waals surface area contributed by atoms with Crippen molar-refractivity contribution in [2.75, 3.05) is 0 Å². The molecular weight excluding hydrogens is 252 g/mol. The first-order chi connectivity index (χ1) is 8.43. The van der Waals surface area contributed by atoms with Crippen molar-refractivity contribution in [2.24, 2.45) is 14.1 Å². The molecule has 0 aliphatic rings. The van der Waals surface area contributed by atoms with E-state index in [2.05, 4.69) is 0 Å². The van der Waals surface area contributed by atoms with Crippen LogP contribution in [0.3, 0.4) is 0 Å². The minimum Gasteiger partial charge on any atom is -0.303 e. The summed E-state index contributed by atoms with van der Waals surface area (Å²) in [6.07, 6.45) is 1.30. The van der Waals surface area contributed by atoms with Gasteiger partial charge in [0.25, 0.3) is 5.56 Å². The number of ketones is 1. The van der Waals surface area contributed by atoms with Gasteiger partial charge >= 0.3 is 5.69 Å². The van der Waals surface area contributed by atoms with Crippen LogP contribution in [0.2, 0.25) is 0 Å². The second kappa shape index (κ2) is 4.38. The van der Waals surface area contributed by atoms with Crippen molar-refractivity contribution in [1.29, 1.82) is 0 Å². The van der Waals surface area contributed by atoms with Gasteiger partial charge in [-0.2, -0.15) is 11.3 Å². The molecule has 0 spiro atoms. The third kappa shape index (κ3) is 1.84. The average Bonchev–Trinajstić information content (AvgIpc) is 2.76. The van der Waals surface area contributed by atoms with E-state index in [1.165, 1.54) is 36.2 Å². The largest absolute Gasteiger partial charge is 0.330 e. The summed E-state index contributed by atoms with van der Waals surface area (Å²) < 4.78 is 2.17. The number of carbonyl (C=O) groups excluding carboxylic acids is 1. The summed E-state index contributed by atoms with van der Waals surface area (Å²) in [6.45, 7) is 1.82. The molecule has 0 N–H and O–H groups in total. The zero-order valence-electron chi connectivity index (χ0n) is 10.3. The first-order valence-corrected chi connectivity index (χ1v) is 6.22. The minimum absolute atomic E-state index is 0.0149. The molecule has 94 valence electrons. The van der Waals surface area contributed by atoms with Gasteiger partial charge in [-0.05, 0) is 17.9 Å². The quantitative estimate of drug-likeness (QED) is 0.750. The van der Waals surface area contributed by atoms with Gasteiger partial charge in [0.15, 0.2) is 0 Å². The Morgan fingerprint density at radius 1 is 1.17 bits per heavy atom. The summed E-state index contributed by atoms with van der Waals surface area (Å²) in [6, 6.07) is 0. The summed E-state index contributed by atoms with van der Waals surface area (Å²) in [5.74, 6) is -0.343. The number of nitrogens with zero attached hydrogens (tertiary/aromatic N) is 2. The molecular formula is C12H12N2O3S. The highest BCUT2D eigenvalue weighted by molar-refractivity contribution is 7.08. The molecule has 0 amide bonds. The van der Waals surface area contributed by atoms with E-state index in [0.717, 1.165) is 10.1 Å². The highest BCUT2D eigenvalue weighted by Gasteiger charge is 2.18. The fraction of sp³-hybridized carbons (Fsp3) is 0.250. The monoisotopic (exact) mass is 264 g/mol. The first-order valence-electron chi connectivity index (χ1n) is 5.27. The van der Waals surface area contributed by atoms with Crippen LogP contribution in [0, 0.1) is 6.92 Å². The standard InChI is InChI=1S/C12H12N2O3S/c1-7-5-18-6-9(7)10(15)8-4-13(2)12(17)14(3)11(8)16/h4-6H,1-3H3. The van der Waals surface area contributed by atoms with Crippen LogP contribution in [0.4, 0.5) is 0 Å².